The Kier molecular flexibility index (Phi) is 4.76. The minimum absolute atomic E-state index is 0.265. The molecule has 1 aliphatic heterocycles. The summed E-state index contributed by atoms with van der Waals surface area (Å²) in [5.74, 6) is 0. The molecule has 18 heavy (non-hydrogen) atoms. The molecule has 2 rings (SSSR count). The van der Waals surface area contributed by atoms with Gasteiger partial charge in [-0.2, -0.15) is 0 Å². The number of aromatic nitrogens is 1. The van der Waals surface area contributed by atoms with Crippen molar-refractivity contribution in [1.82, 2.24) is 10.3 Å². The molecule has 1 saturated heterocycles. The molecule has 0 spiro atoms. The number of nitrogens with one attached hydrogen (secondary N) is 1. The summed E-state index contributed by atoms with van der Waals surface area (Å²) in [4.78, 5) is 5.76. The monoisotopic (exact) mass is 268 g/mol. The smallest absolute Gasteiger partial charge is 0.0896 e. The summed E-state index contributed by atoms with van der Waals surface area (Å²) in [6.07, 6.45) is 5.56. The third-order valence-corrected chi connectivity index (χ3v) is 4.42. The molecule has 0 bridgehead atoms. The maximum absolute atomic E-state index is 5.74. The highest BCUT2D eigenvalue weighted by molar-refractivity contribution is 7.11. The fourth-order valence-corrected chi connectivity index (χ4v) is 3.50. The molecule has 1 aromatic heterocycles. The number of nitrogens with zero attached hydrogens (tertiary/aromatic N) is 1. The lowest BCUT2D eigenvalue weighted by molar-refractivity contribution is -0.00763. The van der Waals surface area contributed by atoms with Crippen LogP contribution in [-0.2, 0) is 11.2 Å². The normalized spacial score (nSPS) is 24.7. The Morgan fingerprint density at radius 2 is 2.39 bits per heavy atom. The zero-order valence-corrected chi connectivity index (χ0v) is 12.5. The largest absolute Gasteiger partial charge is 0.381 e. The van der Waals surface area contributed by atoms with E-state index in [1.54, 1.807) is 0 Å². The number of thiazole rings is 1. The Hall–Kier alpha value is -0.450. The van der Waals surface area contributed by atoms with Gasteiger partial charge in [0, 0.05) is 35.7 Å². The second-order valence-electron chi connectivity index (χ2n) is 5.71. The molecule has 1 fully saturated rings. The van der Waals surface area contributed by atoms with Crippen molar-refractivity contribution in [2.45, 2.75) is 46.1 Å². The summed E-state index contributed by atoms with van der Waals surface area (Å²) in [5.41, 5.74) is 0.265. The average molecular weight is 268 g/mol. The predicted molar refractivity (Wildman–Crippen MR) is 76.2 cm³/mol. The van der Waals surface area contributed by atoms with Crippen LogP contribution in [-0.4, -0.2) is 30.8 Å². The van der Waals surface area contributed by atoms with E-state index in [0.29, 0.717) is 6.04 Å². The highest BCUT2D eigenvalue weighted by Gasteiger charge is 2.33. The molecule has 1 atom stereocenters. The van der Waals surface area contributed by atoms with E-state index < -0.39 is 0 Å². The molecule has 102 valence electrons. The number of ether oxygens (including phenoxy) is 1. The number of aryl methyl sites for hydroxylation is 1. The van der Waals surface area contributed by atoms with Crippen LogP contribution in [0.4, 0.5) is 0 Å². The van der Waals surface area contributed by atoms with Gasteiger partial charge in [-0.15, -0.1) is 11.3 Å². The van der Waals surface area contributed by atoms with Crippen molar-refractivity contribution in [2.75, 3.05) is 19.8 Å². The summed E-state index contributed by atoms with van der Waals surface area (Å²) >= 11 is 1.82. The maximum Gasteiger partial charge on any atom is 0.0896 e. The van der Waals surface area contributed by atoms with Crippen molar-refractivity contribution < 1.29 is 4.74 Å². The summed E-state index contributed by atoms with van der Waals surface area (Å²) in [6.45, 7) is 9.32. The molecule has 1 aliphatic rings. The fraction of sp³-hybridized carbons (Fsp3) is 0.786. The quantitative estimate of drug-likeness (QED) is 0.891. The lowest BCUT2D eigenvalue weighted by atomic mass is 9.79. The van der Waals surface area contributed by atoms with Gasteiger partial charge in [0.25, 0.3) is 0 Å². The van der Waals surface area contributed by atoms with Gasteiger partial charge in [0.1, 0.15) is 0 Å². The minimum Gasteiger partial charge on any atom is -0.381 e. The molecule has 3 nitrogen and oxygen atoms in total. The molecule has 2 heterocycles. The molecule has 1 unspecified atom stereocenters. The highest BCUT2D eigenvalue weighted by Crippen LogP contribution is 2.33. The Labute approximate surface area is 114 Å². The van der Waals surface area contributed by atoms with Crippen LogP contribution in [0.2, 0.25) is 0 Å². The Morgan fingerprint density at radius 1 is 1.56 bits per heavy atom. The highest BCUT2D eigenvalue weighted by atomic mass is 32.1. The van der Waals surface area contributed by atoms with Gasteiger partial charge in [-0.05, 0) is 26.2 Å². The van der Waals surface area contributed by atoms with E-state index in [0.717, 1.165) is 31.2 Å². The Balaban J connectivity index is 2.03. The maximum atomic E-state index is 5.74. The van der Waals surface area contributed by atoms with Crippen LogP contribution in [0.15, 0.2) is 6.20 Å². The van der Waals surface area contributed by atoms with Crippen LogP contribution in [0.3, 0.4) is 0 Å². The van der Waals surface area contributed by atoms with Gasteiger partial charge < -0.3 is 10.1 Å². The van der Waals surface area contributed by atoms with Crippen LogP contribution in [0.25, 0.3) is 0 Å². The first-order valence-electron chi connectivity index (χ1n) is 6.82. The van der Waals surface area contributed by atoms with Gasteiger partial charge in [0.2, 0.25) is 0 Å². The first-order valence-corrected chi connectivity index (χ1v) is 7.64. The van der Waals surface area contributed by atoms with E-state index in [2.05, 4.69) is 31.1 Å². The SMILES string of the molecule is Cc1ncc(CC2(CNC(C)C)CCCOC2)s1. The second-order valence-corrected chi connectivity index (χ2v) is 7.03. The number of hydrogen-bond donors (Lipinski definition) is 1. The predicted octanol–water partition coefficient (Wildman–Crippen LogP) is 2.79. The van der Waals surface area contributed by atoms with Gasteiger partial charge in [0.15, 0.2) is 0 Å². The van der Waals surface area contributed by atoms with Crippen molar-refractivity contribution in [3.8, 4) is 0 Å². The Morgan fingerprint density at radius 3 is 2.94 bits per heavy atom. The molecule has 0 aliphatic carbocycles. The third kappa shape index (κ3) is 3.77. The number of rotatable bonds is 5. The molecule has 0 saturated carbocycles. The number of hydrogen-bond acceptors (Lipinski definition) is 4. The third-order valence-electron chi connectivity index (χ3n) is 3.51. The van der Waals surface area contributed by atoms with Crippen LogP contribution in [0.1, 0.15) is 36.6 Å². The van der Waals surface area contributed by atoms with Gasteiger partial charge in [-0.3, -0.25) is 0 Å². The second kappa shape index (κ2) is 6.13. The lowest BCUT2D eigenvalue weighted by Crippen LogP contribution is -2.44. The van der Waals surface area contributed by atoms with E-state index in [4.69, 9.17) is 4.74 Å². The molecule has 4 heteroatoms. The van der Waals surface area contributed by atoms with Crippen molar-refractivity contribution in [2.24, 2.45) is 5.41 Å². The Bertz CT molecular complexity index is 370. The molecular formula is C14H24N2OS. The summed E-state index contributed by atoms with van der Waals surface area (Å²) in [7, 11) is 0. The van der Waals surface area contributed by atoms with Gasteiger partial charge in [-0.1, -0.05) is 13.8 Å². The summed E-state index contributed by atoms with van der Waals surface area (Å²) < 4.78 is 5.74. The molecule has 0 radical (unpaired) electrons. The van der Waals surface area contributed by atoms with Gasteiger partial charge >= 0.3 is 0 Å². The van der Waals surface area contributed by atoms with E-state index >= 15 is 0 Å². The first kappa shape index (κ1) is 14.0. The van der Waals surface area contributed by atoms with E-state index in [1.807, 2.05) is 17.5 Å². The topological polar surface area (TPSA) is 34.2 Å². The molecule has 1 aromatic rings. The van der Waals surface area contributed by atoms with E-state index in [9.17, 15) is 0 Å². The molecule has 0 aromatic carbocycles. The van der Waals surface area contributed by atoms with Crippen molar-refractivity contribution in [3.63, 3.8) is 0 Å². The van der Waals surface area contributed by atoms with Crippen molar-refractivity contribution in [1.29, 1.82) is 0 Å². The molecule has 0 amide bonds. The summed E-state index contributed by atoms with van der Waals surface area (Å²) in [6, 6.07) is 0.534. The molecular weight excluding hydrogens is 244 g/mol. The van der Waals surface area contributed by atoms with Crippen LogP contribution >= 0.6 is 11.3 Å². The van der Waals surface area contributed by atoms with Crippen molar-refractivity contribution >= 4 is 11.3 Å². The summed E-state index contributed by atoms with van der Waals surface area (Å²) in [5, 5.41) is 4.75. The fourth-order valence-electron chi connectivity index (χ4n) is 2.53. The standard InChI is InChI=1S/C14H24N2OS/c1-11(2)16-9-14(5-4-6-17-10-14)7-13-8-15-12(3)18-13/h8,11,16H,4-7,9-10H2,1-3H3. The van der Waals surface area contributed by atoms with Crippen LogP contribution < -0.4 is 5.32 Å². The lowest BCUT2D eigenvalue weighted by Gasteiger charge is -2.37. The zero-order chi connectivity index (χ0) is 13.0. The molecule has 1 N–H and O–H groups in total. The van der Waals surface area contributed by atoms with E-state index in [1.165, 1.54) is 17.7 Å². The van der Waals surface area contributed by atoms with Gasteiger partial charge in [0.05, 0.1) is 11.6 Å². The van der Waals surface area contributed by atoms with Gasteiger partial charge in [-0.25, -0.2) is 4.98 Å². The van der Waals surface area contributed by atoms with Crippen LogP contribution in [0, 0.1) is 12.3 Å². The van der Waals surface area contributed by atoms with E-state index in [-0.39, 0.29) is 5.41 Å². The average Bonchev–Trinajstić information content (AvgIpc) is 2.73. The zero-order valence-electron chi connectivity index (χ0n) is 11.7. The first-order chi connectivity index (χ1) is 8.60. The van der Waals surface area contributed by atoms with Crippen LogP contribution in [0.5, 0.6) is 0 Å². The minimum atomic E-state index is 0.265. The van der Waals surface area contributed by atoms with Crippen molar-refractivity contribution in [3.05, 3.63) is 16.1 Å².